The maximum absolute atomic E-state index is 11.6. The van der Waals surface area contributed by atoms with Gasteiger partial charge in [0, 0.05) is 18.9 Å². The summed E-state index contributed by atoms with van der Waals surface area (Å²) in [6.07, 6.45) is 0.653. The summed E-state index contributed by atoms with van der Waals surface area (Å²) in [6, 6.07) is 1.57. The van der Waals surface area contributed by atoms with Crippen LogP contribution in [-0.2, 0) is 11.2 Å². The Hall–Kier alpha value is -1.16. The number of H-pyrrole nitrogens is 1. The number of ether oxygens (including phenoxy) is 1. The van der Waals surface area contributed by atoms with Crippen LogP contribution in [0.1, 0.15) is 45.3 Å². The lowest BCUT2D eigenvalue weighted by atomic mass is 10.1. The SMILES string of the molecule is COC(c1nc(CC(C)C)cc(=O)[nH]1)C(C)C. The summed E-state index contributed by atoms with van der Waals surface area (Å²) in [7, 11) is 1.64. The fraction of sp³-hybridized carbons (Fsp3) is 0.692. The highest BCUT2D eigenvalue weighted by Crippen LogP contribution is 2.21. The summed E-state index contributed by atoms with van der Waals surface area (Å²) >= 11 is 0. The van der Waals surface area contributed by atoms with Crippen molar-refractivity contribution < 1.29 is 4.74 Å². The largest absolute Gasteiger partial charge is 0.373 e. The van der Waals surface area contributed by atoms with Gasteiger partial charge in [-0.15, -0.1) is 0 Å². The second-order valence-corrected chi connectivity index (χ2v) is 5.12. The molecule has 1 unspecified atom stereocenters. The number of hydrogen-bond acceptors (Lipinski definition) is 3. The smallest absolute Gasteiger partial charge is 0.251 e. The maximum Gasteiger partial charge on any atom is 0.251 e. The molecule has 1 aromatic rings. The fourth-order valence-corrected chi connectivity index (χ4v) is 1.89. The first kappa shape index (κ1) is 13.9. The van der Waals surface area contributed by atoms with Gasteiger partial charge in [-0.25, -0.2) is 4.98 Å². The normalized spacial score (nSPS) is 13.4. The highest BCUT2D eigenvalue weighted by Gasteiger charge is 2.18. The van der Waals surface area contributed by atoms with Gasteiger partial charge in [-0.05, 0) is 18.3 Å². The topological polar surface area (TPSA) is 55.0 Å². The van der Waals surface area contributed by atoms with E-state index >= 15 is 0 Å². The van der Waals surface area contributed by atoms with Crippen molar-refractivity contribution in [2.75, 3.05) is 7.11 Å². The third-order valence-corrected chi connectivity index (χ3v) is 2.56. The molecule has 1 atom stereocenters. The molecule has 1 heterocycles. The zero-order valence-electron chi connectivity index (χ0n) is 11.3. The molecule has 4 nitrogen and oxygen atoms in total. The number of nitrogens with zero attached hydrogens (tertiary/aromatic N) is 1. The minimum absolute atomic E-state index is 0.103. The molecule has 0 aliphatic carbocycles. The predicted molar refractivity (Wildman–Crippen MR) is 68.0 cm³/mol. The van der Waals surface area contributed by atoms with Crippen molar-refractivity contribution in [3.8, 4) is 0 Å². The molecule has 0 fully saturated rings. The van der Waals surface area contributed by atoms with Crippen LogP contribution in [0.5, 0.6) is 0 Å². The summed E-state index contributed by atoms with van der Waals surface area (Å²) in [5, 5.41) is 0. The van der Waals surface area contributed by atoms with Gasteiger partial charge in [0.05, 0.1) is 0 Å². The van der Waals surface area contributed by atoms with Crippen molar-refractivity contribution in [2.45, 2.75) is 40.2 Å². The molecule has 0 radical (unpaired) electrons. The van der Waals surface area contributed by atoms with E-state index in [1.54, 1.807) is 13.2 Å². The molecule has 0 saturated carbocycles. The minimum Gasteiger partial charge on any atom is -0.373 e. The van der Waals surface area contributed by atoms with Crippen LogP contribution in [0.25, 0.3) is 0 Å². The van der Waals surface area contributed by atoms with Crippen molar-refractivity contribution in [3.05, 3.63) is 27.9 Å². The number of nitrogens with one attached hydrogen (secondary N) is 1. The van der Waals surface area contributed by atoms with Crippen molar-refractivity contribution >= 4 is 0 Å². The van der Waals surface area contributed by atoms with Crippen LogP contribution in [0.4, 0.5) is 0 Å². The molecule has 1 N–H and O–H groups in total. The number of aromatic amines is 1. The zero-order valence-corrected chi connectivity index (χ0v) is 11.3. The third kappa shape index (κ3) is 3.97. The second kappa shape index (κ2) is 5.96. The molecular weight excluding hydrogens is 216 g/mol. The lowest BCUT2D eigenvalue weighted by Gasteiger charge is -2.18. The van der Waals surface area contributed by atoms with Crippen molar-refractivity contribution in [2.24, 2.45) is 11.8 Å². The van der Waals surface area contributed by atoms with Crippen molar-refractivity contribution in [1.82, 2.24) is 9.97 Å². The average Bonchev–Trinajstić information content (AvgIpc) is 2.15. The number of rotatable bonds is 5. The third-order valence-electron chi connectivity index (χ3n) is 2.56. The van der Waals surface area contributed by atoms with Gasteiger partial charge in [-0.2, -0.15) is 0 Å². The monoisotopic (exact) mass is 238 g/mol. The van der Waals surface area contributed by atoms with Gasteiger partial charge < -0.3 is 9.72 Å². The summed E-state index contributed by atoms with van der Waals surface area (Å²) < 4.78 is 5.38. The van der Waals surface area contributed by atoms with Gasteiger partial charge in [0.1, 0.15) is 11.9 Å². The molecule has 1 rings (SSSR count). The minimum atomic E-state index is -0.158. The molecule has 0 bridgehead atoms. The van der Waals surface area contributed by atoms with Gasteiger partial charge in [-0.1, -0.05) is 27.7 Å². The summed E-state index contributed by atoms with van der Waals surface area (Å²) in [4.78, 5) is 18.8. The molecule has 17 heavy (non-hydrogen) atoms. The molecule has 0 spiro atoms. The summed E-state index contributed by atoms with van der Waals surface area (Å²) in [5.74, 6) is 1.39. The zero-order chi connectivity index (χ0) is 13.0. The van der Waals surface area contributed by atoms with Gasteiger partial charge in [0.2, 0.25) is 0 Å². The Morgan fingerprint density at radius 3 is 2.47 bits per heavy atom. The first-order valence-corrected chi connectivity index (χ1v) is 6.07. The second-order valence-electron chi connectivity index (χ2n) is 5.12. The van der Waals surface area contributed by atoms with Crippen molar-refractivity contribution in [1.29, 1.82) is 0 Å². The fourth-order valence-electron chi connectivity index (χ4n) is 1.89. The lowest BCUT2D eigenvalue weighted by molar-refractivity contribution is 0.0570. The van der Waals surface area contributed by atoms with E-state index in [9.17, 15) is 4.79 Å². The standard InChI is InChI=1S/C13H22N2O2/c1-8(2)6-10-7-11(16)15-13(14-10)12(17-5)9(3)4/h7-9,12H,6H2,1-5H3,(H,14,15,16). The van der Waals surface area contributed by atoms with E-state index in [-0.39, 0.29) is 17.6 Å². The molecule has 0 aliphatic heterocycles. The van der Waals surface area contributed by atoms with E-state index in [0.717, 1.165) is 12.1 Å². The Bertz CT molecular complexity index is 410. The lowest BCUT2D eigenvalue weighted by Crippen LogP contribution is -2.20. The maximum atomic E-state index is 11.6. The van der Waals surface area contributed by atoms with Gasteiger partial charge in [0.15, 0.2) is 0 Å². The van der Waals surface area contributed by atoms with Crippen LogP contribution in [0.15, 0.2) is 10.9 Å². The number of hydrogen-bond donors (Lipinski definition) is 1. The average molecular weight is 238 g/mol. The number of aromatic nitrogens is 2. The molecular formula is C13H22N2O2. The van der Waals surface area contributed by atoms with Crippen LogP contribution >= 0.6 is 0 Å². The van der Waals surface area contributed by atoms with E-state index in [1.807, 2.05) is 13.8 Å². The molecule has 4 heteroatoms. The van der Waals surface area contributed by atoms with Gasteiger partial charge >= 0.3 is 0 Å². The quantitative estimate of drug-likeness (QED) is 0.856. The molecule has 0 amide bonds. The Labute approximate surface area is 102 Å². The predicted octanol–water partition coefficient (Wildman–Crippen LogP) is 2.31. The first-order valence-electron chi connectivity index (χ1n) is 6.07. The first-order chi connectivity index (χ1) is 7.93. The van der Waals surface area contributed by atoms with Crippen LogP contribution in [0, 0.1) is 11.8 Å². The highest BCUT2D eigenvalue weighted by molar-refractivity contribution is 5.05. The number of methoxy groups -OCH3 is 1. The van der Waals surface area contributed by atoms with E-state index in [0.29, 0.717) is 11.7 Å². The highest BCUT2D eigenvalue weighted by atomic mass is 16.5. The van der Waals surface area contributed by atoms with Gasteiger partial charge in [-0.3, -0.25) is 4.79 Å². The van der Waals surface area contributed by atoms with E-state index in [1.165, 1.54) is 0 Å². The van der Waals surface area contributed by atoms with Crippen LogP contribution < -0.4 is 5.56 Å². The van der Waals surface area contributed by atoms with Crippen LogP contribution in [-0.4, -0.2) is 17.1 Å². The van der Waals surface area contributed by atoms with E-state index in [2.05, 4.69) is 23.8 Å². The molecule has 0 aromatic carbocycles. The Kier molecular flexibility index (Phi) is 4.87. The molecule has 96 valence electrons. The Balaban J connectivity index is 3.07. The molecule has 0 saturated heterocycles. The molecule has 0 aliphatic rings. The van der Waals surface area contributed by atoms with E-state index < -0.39 is 0 Å². The summed E-state index contributed by atoms with van der Waals surface area (Å²) in [5.41, 5.74) is 0.731. The molecule has 1 aromatic heterocycles. The Morgan fingerprint density at radius 2 is 2.00 bits per heavy atom. The van der Waals surface area contributed by atoms with E-state index in [4.69, 9.17) is 4.74 Å². The van der Waals surface area contributed by atoms with Gasteiger partial charge in [0.25, 0.3) is 5.56 Å². The van der Waals surface area contributed by atoms with Crippen LogP contribution in [0.2, 0.25) is 0 Å². The van der Waals surface area contributed by atoms with Crippen molar-refractivity contribution in [3.63, 3.8) is 0 Å². The Morgan fingerprint density at radius 1 is 1.35 bits per heavy atom. The summed E-state index contributed by atoms with van der Waals surface area (Å²) in [6.45, 7) is 8.31. The van der Waals surface area contributed by atoms with Crippen LogP contribution in [0.3, 0.4) is 0 Å².